The summed E-state index contributed by atoms with van der Waals surface area (Å²) < 4.78 is 19.1. The van der Waals surface area contributed by atoms with Crippen molar-refractivity contribution in [3.63, 3.8) is 0 Å². The molecule has 0 bridgehead atoms. The van der Waals surface area contributed by atoms with Crippen molar-refractivity contribution in [3.8, 4) is 11.5 Å². The lowest BCUT2D eigenvalue weighted by atomic mass is 9.63. The highest BCUT2D eigenvalue weighted by molar-refractivity contribution is 9.10. The maximum atomic E-state index is 14.3. The molecule has 2 aliphatic carbocycles. The number of benzene rings is 2. The molecule has 46 heavy (non-hydrogen) atoms. The summed E-state index contributed by atoms with van der Waals surface area (Å²) in [5.74, 6) is 1.07. The number of allylic oxidation sites excluding steroid dienone is 5. The van der Waals surface area contributed by atoms with E-state index in [1.807, 2.05) is 43.3 Å². The molecule has 2 aromatic carbocycles. The lowest BCUT2D eigenvalue weighted by molar-refractivity contribution is -0.119. The number of methoxy groups -OCH3 is 1. The summed E-state index contributed by atoms with van der Waals surface area (Å²) in [5, 5.41) is 0. The predicted molar refractivity (Wildman–Crippen MR) is 186 cm³/mol. The third kappa shape index (κ3) is 7.21. The van der Waals surface area contributed by atoms with E-state index in [1.165, 1.54) is 0 Å². The smallest absolute Gasteiger partial charge is 0.165 e. The van der Waals surface area contributed by atoms with Gasteiger partial charge in [-0.3, -0.25) is 9.59 Å². The van der Waals surface area contributed by atoms with Gasteiger partial charge in [0.2, 0.25) is 0 Å². The lowest BCUT2D eigenvalue weighted by Gasteiger charge is -2.49. The summed E-state index contributed by atoms with van der Waals surface area (Å²) in [6.07, 6.45) is 5.66. The van der Waals surface area contributed by atoms with Crippen LogP contribution in [0.5, 0.6) is 11.5 Å². The van der Waals surface area contributed by atoms with Gasteiger partial charge in [0.1, 0.15) is 6.61 Å². The third-order valence-corrected chi connectivity index (χ3v) is 9.73. The fourth-order valence-corrected chi connectivity index (χ4v) is 7.60. The molecule has 0 atom stereocenters. The molecule has 3 aliphatic rings. The molecule has 0 fully saturated rings. The average molecular weight is 691 g/mol. The van der Waals surface area contributed by atoms with Gasteiger partial charge in [-0.2, -0.15) is 0 Å². The van der Waals surface area contributed by atoms with Crippen LogP contribution < -0.4 is 9.47 Å². The van der Waals surface area contributed by atoms with Crippen molar-refractivity contribution in [2.24, 2.45) is 10.8 Å². The van der Waals surface area contributed by atoms with E-state index in [9.17, 15) is 9.59 Å². The van der Waals surface area contributed by atoms with Crippen LogP contribution in [-0.4, -0.2) is 43.3 Å². The van der Waals surface area contributed by atoms with Crippen molar-refractivity contribution in [3.05, 3.63) is 92.8 Å². The summed E-state index contributed by atoms with van der Waals surface area (Å²) in [5.41, 5.74) is 6.15. The second-order valence-electron chi connectivity index (χ2n) is 14.4. The number of Topliss-reactive ketones (excluding diaryl/α,β-unsaturated/α-hetero) is 2. The minimum Gasteiger partial charge on any atom is -0.490 e. The van der Waals surface area contributed by atoms with Gasteiger partial charge >= 0.3 is 0 Å². The number of ketones is 2. The normalized spacial score (nSPS) is 19.2. The van der Waals surface area contributed by atoms with Gasteiger partial charge in [0.25, 0.3) is 0 Å². The van der Waals surface area contributed by atoms with Crippen molar-refractivity contribution in [1.29, 1.82) is 0 Å². The predicted octanol–water partition coefficient (Wildman–Crippen LogP) is 8.88. The number of hydrogen-bond acceptors (Lipinski definition) is 6. The van der Waals surface area contributed by atoms with Crippen molar-refractivity contribution in [2.45, 2.75) is 85.7 Å². The molecule has 1 heterocycles. The Bertz CT molecular complexity index is 1510. The molecule has 0 amide bonds. The van der Waals surface area contributed by atoms with Crippen LogP contribution in [0.3, 0.4) is 0 Å². The van der Waals surface area contributed by atoms with E-state index in [0.717, 1.165) is 63.0 Å². The third-order valence-electron chi connectivity index (χ3n) is 9.20. The fraction of sp³-hybridized carbons (Fsp3) is 0.487. The first-order chi connectivity index (χ1) is 21.9. The Morgan fingerprint density at radius 2 is 1.54 bits per heavy atom. The van der Waals surface area contributed by atoms with Crippen LogP contribution in [-0.2, 0) is 27.4 Å². The van der Waals surface area contributed by atoms with E-state index < -0.39 is 5.92 Å². The molecule has 0 N–H and O–H groups in total. The summed E-state index contributed by atoms with van der Waals surface area (Å²) in [4.78, 5) is 30.9. The maximum Gasteiger partial charge on any atom is 0.165 e. The molecular weight excluding hydrogens is 642 g/mol. The highest BCUT2D eigenvalue weighted by Gasteiger charge is 2.49. The van der Waals surface area contributed by atoms with Crippen LogP contribution in [0, 0.1) is 10.8 Å². The molecule has 0 radical (unpaired) electrons. The first kappa shape index (κ1) is 34.2. The van der Waals surface area contributed by atoms with Gasteiger partial charge in [-0.1, -0.05) is 67.9 Å². The monoisotopic (exact) mass is 689 g/mol. The Morgan fingerprint density at radius 3 is 2.09 bits per heavy atom. The van der Waals surface area contributed by atoms with Gasteiger partial charge in [0, 0.05) is 71.6 Å². The molecule has 0 unspecified atom stereocenters. The number of nitrogens with zero attached hydrogens (tertiary/aromatic N) is 1. The van der Waals surface area contributed by atoms with E-state index in [4.69, 9.17) is 14.2 Å². The van der Waals surface area contributed by atoms with Crippen molar-refractivity contribution in [2.75, 3.05) is 26.9 Å². The van der Waals surface area contributed by atoms with Crippen molar-refractivity contribution >= 4 is 27.5 Å². The number of hydrogen-bond donors (Lipinski definition) is 0. The van der Waals surface area contributed by atoms with Crippen LogP contribution in [0.15, 0.2) is 76.1 Å². The summed E-state index contributed by atoms with van der Waals surface area (Å²) >= 11 is 3.50. The highest BCUT2D eigenvalue weighted by atomic mass is 79.9. The first-order valence-electron chi connectivity index (χ1n) is 16.4. The van der Waals surface area contributed by atoms with Gasteiger partial charge in [0.05, 0.1) is 6.61 Å². The summed E-state index contributed by atoms with van der Waals surface area (Å²) in [7, 11) is 1.71. The van der Waals surface area contributed by atoms with Crippen LogP contribution in [0.25, 0.3) is 0 Å². The molecule has 7 heteroatoms. The van der Waals surface area contributed by atoms with Crippen LogP contribution in [0.2, 0.25) is 0 Å². The molecular formula is C39H48BrNO5. The second-order valence-corrected chi connectivity index (χ2v) is 15.3. The largest absolute Gasteiger partial charge is 0.490 e. The number of ether oxygens (including phenoxy) is 3. The fourth-order valence-electron chi connectivity index (χ4n) is 7.34. The SMILES string of the molecule is C=CCc1cc(C2C3=C(CC(C)(C)CC3=O)N(CCCOC)C3=C2C(=O)CC(C)(C)C3)cc(OCC)c1OCc1ccc(Br)cc1. The molecule has 0 spiro atoms. The van der Waals surface area contributed by atoms with E-state index in [1.54, 1.807) is 7.11 Å². The van der Waals surface area contributed by atoms with Gasteiger partial charge < -0.3 is 19.1 Å². The Balaban J connectivity index is 1.70. The Kier molecular flexibility index (Phi) is 10.3. The quantitative estimate of drug-likeness (QED) is 0.164. The van der Waals surface area contributed by atoms with Crippen LogP contribution in [0.1, 0.15) is 89.3 Å². The minimum absolute atomic E-state index is 0.121. The molecule has 2 aromatic rings. The van der Waals surface area contributed by atoms with Gasteiger partial charge in [-0.25, -0.2) is 0 Å². The standard InChI is InChI=1S/C39H48BrNO5/c1-8-11-26-18-27(19-33(45-9-2)37(26)46-24-25-12-14-28(40)15-13-25)34-35-29(20-38(3,4)22-31(35)42)41(16-10-17-44-7)30-21-39(5,6)23-32(43)36(30)34/h8,12-15,18-19,34H,1,9-11,16-17,20-24H2,2-7H3. The molecule has 0 saturated heterocycles. The number of carbonyl (C=O) groups excluding carboxylic acids is 2. The minimum atomic E-state index is -0.459. The van der Waals surface area contributed by atoms with E-state index in [-0.39, 0.29) is 22.4 Å². The van der Waals surface area contributed by atoms with Gasteiger partial charge in [-0.05, 0) is 72.8 Å². The van der Waals surface area contributed by atoms with E-state index >= 15 is 0 Å². The average Bonchev–Trinajstić information content (AvgIpc) is 2.97. The molecule has 0 saturated carbocycles. The van der Waals surface area contributed by atoms with E-state index in [0.29, 0.717) is 57.1 Å². The second kappa shape index (κ2) is 13.9. The number of rotatable bonds is 12. The zero-order chi connectivity index (χ0) is 33.2. The molecule has 1 aliphatic heterocycles. The number of halogens is 1. The summed E-state index contributed by atoms with van der Waals surface area (Å²) in [6.45, 7) is 16.8. The van der Waals surface area contributed by atoms with E-state index in [2.05, 4.69) is 61.2 Å². The summed E-state index contributed by atoms with van der Waals surface area (Å²) in [6, 6.07) is 12.2. The Hall–Kier alpha value is -3.16. The van der Waals surface area contributed by atoms with Crippen molar-refractivity contribution in [1.82, 2.24) is 4.90 Å². The Labute approximate surface area is 283 Å². The zero-order valence-electron chi connectivity index (χ0n) is 28.3. The van der Waals surface area contributed by atoms with Crippen LogP contribution in [0.4, 0.5) is 0 Å². The Morgan fingerprint density at radius 1 is 0.935 bits per heavy atom. The van der Waals surface area contributed by atoms with Crippen LogP contribution >= 0.6 is 15.9 Å². The van der Waals surface area contributed by atoms with Gasteiger partial charge in [0.15, 0.2) is 23.1 Å². The topological polar surface area (TPSA) is 65.1 Å². The highest BCUT2D eigenvalue weighted by Crippen LogP contribution is 2.55. The molecule has 246 valence electrons. The first-order valence-corrected chi connectivity index (χ1v) is 17.2. The molecule has 5 rings (SSSR count). The maximum absolute atomic E-state index is 14.3. The van der Waals surface area contributed by atoms with Gasteiger partial charge in [-0.15, -0.1) is 6.58 Å². The van der Waals surface area contributed by atoms with Crippen molar-refractivity contribution < 1.29 is 23.8 Å². The molecule has 6 nitrogen and oxygen atoms in total. The molecule has 0 aromatic heterocycles. The number of carbonyl (C=O) groups is 2. The zero-order valence-corrected chi connectivity index (χ0v) is 29.8. The lowest BCUT2D eigenvalue weighted by Crippen LogP contribution is -2.44.